The number of hydrogen-bond donors (Lipinski definition) is 0. The van der Waals surface area contributed by atoms with Gasteiger partial charge in [0, 0.05) is 29.6 Å². The van der Waals surface area contributed by atoms with Crippen LogP contribution in [0.3, 0.4) is 0 Å². The Balaban J connectivity index is 1.61. The monoisotopic (exact) mass is 335 g/mol. The van der Waals surface area contributed by atoms with Crippen molar-refractivity contribution in [2.45, 2.75) is 38.0 Å². The predicted molar refractivity (Wildman–Crippen MR) is 99.2 cm³/mol. The average molecular weight is 335 g/mol. The van der Waals surface area contributed by atoms with Crippen molar-refractivity contribution in [3.63, 3.8) is 0 Å². The number of hydrogen-bond acceptors (Lipinski definition) is 2. The molecule has 0 saturated carbocycles. The molecule has 1 saturated heterocycles. The summed E-state index contributed by atoms with van der Waals surface area (Å²) in [4.78, 5) is 14.8. The summed E-state index contributed by atoms with van der Waals surface area (Å²) in [7, 11) is 0. The van der Waals surface area contributed by atoms with Crippen LogP contribution in [-0.2, 0) is 11.8 Å². The third-order valence-electron chi connectivity index (χ3n) is 5.50. The number of likely N-dealkylation sites (tertiary alicyclic amines) is 1. The van der Waals surface area contributed by atoms with Crippen molar-refractivity contribution in [2.24, 2.45) is 0 Å². The third kappa shape index (κ3) is 3.15. The maximum Gasteiger partial charge on any atom is 0.253 e. The summed E-state index contributed by atoms with van der Waals surface area (Å²) < 4.78 is 5.94. The molecule has 2 aromatic rings. The van der Waals surface area contributed by atoms with Crippen LogP contribution in [0.4, 0.5) is 0 Å². The number of fused-ring (bicyclic) bond motifs is 1. The first-order chi connectivity index (χ1) is 12.2. The van der Waals surface area contributed by atoms with Gasteiger partial charge in [-0.05, 0) is 49.4 Å². The molecule has 0 radical (unpaired) electrons. The van der Waals surface area contributed by atoms with Crippen LogP contribution in [0.25, 0.3) is 0 Å². The van der Waals surface area contributed by atoms with E-state index in [1.54, 1.807) is 0 Å². The molecule has 1 amide bonds. The number of amides is 1. The number of ether oxygens (including phenoxy) is 1. The van der Waals surface area contributed by atoms with Crippen LogP contribution in [0.1, 0.15) is 47.7 Å². The minimum Gasteiger partial charge on any atom is -0.492 e. The first kappa shape index (κ1) is 16.2. The van der Waals surface area contributed by atoms with Gasteiger partial charge in [-0.25, -0.2) is 0 Å². The summed E-state index contributed by atoms with van der Waals surface area (Å²) >= 11 is 0. The van der Waals surface area contributed by atoms with Gasteiger partial charge in [0.05, 0.1) is 6.61 Å². The largest absolute Gasteiger partial charge is 0.492 e. The van der Waals surface area contributed by atoms with E-state index in [1.807, 2.05) is 23.1 Å². The smallest absolute Gasteiger partial charge is 0.253 e. The molecule has 0 aromatic heterocycles. The topological polar surface area (TPSA) is 29.5 Å². The second kappa shape index (κ2) is 6.55. The van der Waals surface area contributed by atoms with Crippen molar-refractivity contribution < 1.29 is 9.53 Å². The SMILES string of the molecule is CC1(Cc2ccccc2)COc2ccc(C(=O)N3CCCCC3)cc21. The van der Waals surface area contributed by atoms with Crippen LogP contribution < -0.4 is 4.74 Å². The van der Waals surface area contributed by atoms with Crippen LogP contribution in [-0.4, -0.2) is 30.5 Å². The van der Waals surface area contributed by atoms with Crippen LogP contribution in [0, 0.1) is 0 Å². The molecule has 1 fully saturated rings. The molecule has 0 aliphatic carbocycles. The Bertz CT molecular complexity index is 765. The van der Waals surface area contributed by atoms with E-state index in [0.29, 0.717) is 6.61 Å². The van der Waals surface area contributed by atoms with E-state index in [2.05, 4.69) is 37.3 Å². The number of piperidine rings is 1. The fraction of sp³-hybridized carbons (Fsp3) is 0.409. The summed E-state index contributed by atoms with van der Waals surface area (Å²) in [5, 5.41) is 0. The molecule has 0 spiro atoms. The normalized spacial score (nSPS) is 22.4. The highest BCUT2D eigenvalue weighted by Crippen LogP contribution is 2.41. The minimum atomic E-state index is -0.0884. The summed E-state index contributed by atoms with van der Waals surface area (Å²) in [6.45, 7) is 4.67. The number of nitrogens with zero attached hydrogens (tertiary/aromatic N) is 1. The van der Waals surface area contributed by atoms with E-state index in [1.165, 1.54) is 17.5 Å². The molecule has 3 heteroatoms. The molecule has 0 N–H and O–H groups in total. The van der Waals surface area contributed by atoms with Gasteiger partial charge in [-0.3, -0.25) is 4.79 Å². The van der Waals surface area contributed by atoms with Crippen LogP contribution in [0.2, 0.25) is 0 Å². The van der Waals surface area contributed by atoms with E-state index < -0.39 is 0 Å². The Morgan fingerprint density at radius 1 is 1.08 bits per heavy atom. The molecule has 2 aliphatic heterocycles. The highest BCUT2D eigenvalue weighted by molar-refractivity contribution is 5.94. The molecular formula is C22H25NO2. The van der Waals surface area contributed by atoms with E-state index in [-0.39, 0.29) is 11.3 Å². The number of rotatable bonds is 3. The first-order valence-electron chi connectivity index (χ1n) is 9.26. The molecule has 1 atom stereocenters. The van der Waals surface area contributed by atoms with Gasteiger partial charge >= 0.3 is 0 Å². The lowest BCUT2D eigenvalue weighted by Gasteiger charge is -2.27. The summed E-state index contributed by atoms with van der Waals surface area (Å²) in [5.41, 5.74) is 3.17. The summed E-state index contributed by atoms with van der Waals surface area (Å²) in [6.07, 6.45) is 4.39. The number of carbonyl (C=O) groups is 1. The predicted octanol–water partition coefficient (Wildman–Crippen LogP) is 4.21. The molecule has 1 unspecified atom stereocenters. The maximum absolute atomic E-state index is 12.9. The van der Waals surface area contributed by atoms with E-state index >= 15 is 0 Å². The van der Waals surface area contributed by atoms with E-state index in [4.69, 9.17) is 4.74 Å². The zero-order valence-corrected chi connectivity index (χ0v) is 14.8. The average Bonchev–Trinajstić information content (AvgIpc) is 2.99. The second-order valence-corrected chi connectivity index (χ2v) is 7.58. The minimum absolute atomic E-state index is 0.0884. The Labute approximate surface area is 149 Å². The van der Waals surface area contributed by atoms with Crippen molar-refractivity contribution in [3.05, 3.63) is 65.2 Å². The van der Waals surface area contributed by atoms with Gasteiger partial charge in [0.15, 0.2) is 0 Å². The first-order valence-corrected chi connectivity index (χ1v) is 9.26. The molecule has 130 valence electrons. The van der Waals surface area contributed by atoms with Gasteiger partial charge < -0.3 is 9.64 Å². The zero-order chi connectivity index (χ0) is 17.3. The zero-order valence-electron chi connectivity index (χ0n) is 14.8. The standard InChI is InChI=1S/C22H25NO2/c1-22(15-17-8-4-2-5-9-17)16-25-20-11-10-18(14-19(20)22)21(24)23-12-6-3-7-13-23/h2,4-5,8-11,14H,3,6-7,12-13,15-16H2,1H3. The molecule has 2 aromatic carbocycles. The fourth-order valence-electron chi connectivity index (χ4n) is 4.05. The molecule has 2 aliphatic rings. The lowest BCUT2D eigenvalue weighted by Crippen LogP contribution is -2.35. The van der Waals surface area contributed by atoms with E-state index in [9.17, 15) is 4.79 Å². The van der Waals surface area contributed by atoms with Gasteiger partial charge in [-0.1, -0.05) is 37.3 Å². The molecular weight excluding hydrogens is 310 g/mol. The second-order valence-electron chi connectivity index (χ2n) is 7.58. The fourth-order valence-corrected chi connectivity index (χ4v) is 4.05. The van der Waals surface area contributed by atoms with Crippen molar-refractivity contribution >= 4 is 5.91 Å². The van der Waals surface area contributed by atoms with Gasteiger partial charge in [-0.15, -0.1) is 0 Å². The number of carbonyl (C=O) groups excluding carboxylic acids is 1. The third-order valence-corrected chi connectivity index (χ3v) is 5.50. The lowest BCUT2D eigenvalue weighted by molar-refractivity contribution is 0.0724. The summed E-state index contributed by atoms with van der Waals surface area (Å²) in [5.74, 6) is 1.09. The van der Waals surface area contributed by atoms with Gasteiger partial charge in [0.1, 0.15) is 5.75 Å². The molecule has 0 bridgehead atoms. The quantitative estimate of drug-likeness (QED) is 0.841. The van der Waals surface area contributed by atoms with Crippen LogP contribution >= 0.6 is 0 Å². The van der Waals surface area contributed by atoms with Crippen molar-refractivity contribution in [3.8, 4) is 5.75 Å². The Hall–Kier alpha value is -2.29. The Morgan fingerprint density at radius 3 is 2.60 bits per heavy atom. The van der Waals surface area contributed by atoms with E-state index in [0.717, 1.165) is 43.7 Å². The lowest BCUT2D eigenvalue weighted by atomic mass is 9.78. The van der Waals surface area contributed by atoms with Crippen molar-refractivity contribution in [2.75, 3.05) is 19.7 Å². The maximum atomic E-state index is 12.9. The molecule has 4 rings (SSSR count). The molecule has 2 heterocycles. The Kier molecular flexibility index (Phi) is 4.24. The van der Waals surface area contributed by atoms with Crippen LogP contribution in [0.15, 0.2) is 48.5 Å². The number of benzene rings is 2. The highest BCUT2D eigenvalue weighted by Gasteiger charge is 2.37. The molecule has 25 heavy (non-hydrogen) atoms. The molecule has 3 nitrogen and oxygen atoms in total. The van der Waals surface area contributed by atoms with Crippen molar-refractivity contribution in [1.82, 2.24) is 4.90 Å². The Morgan fingerprint density at radius 2 is 1.84 bits per heavy atom. The van der Waals surface area contributed by atoms with Crippen molar-refractivity contribution in [1.29, 1.82) is 0 Å². The van der Waals surface area contributed by atoms with Crippen LogP contribution in [0.5, 0.6) is 5.75 Å². The summed E-state index contributed by atoms with van der Waals surface area (Å²) in [6, 6.07) is 16.5. The van der Waals surface area contributed by atoms with Gasteiger partial charge in [0.25, 0.3) is 5.91 Å². The van der Waals surface area contributed by atoms with Gasteiger partial charge in [0.2, 0.25) is 0 Å². The highest BCUT2D eigenvalue weighted by atomic mass is 16.5. The van der Waals surface area contributed by atoms with Gasteiger partial charge in [-0.2, -0.15) is 0 Å².